The smallest absolute Gasteiger partial charge is 0.416 e. The van der Waals surface area contributed by atoms with Crippen molar-refractivity contribution in [1.29, 1.82) is 0 Å². The number of pyridine rings is 1. The molecule has 0 bridgehead atoms. The largest absolute Gasteiger partial charge is 0.457 e. The van der Waals surface area contributed by atoms with Crippen molar-refractivity contribution in [2.24, 2.45) is 0 Å². The van der Waals surface area contributed by atoms with E-state index in [0.717, 1.165) is 24.3 Å². The van der Waals surface area contributed by atoms with Crippen LogP contribution in [0.3, 0.4) is 0 Å². The predicted octanol–water partition coefficient (Wildman–Crippen LogP) is 4.22. The summed E-state index contributed by atoms with van der Waals surface area (Å²) in [7, 11) is 1.48. The Kier molecular flexibility index (Phi) is 7.46. The van der Waals surface area contributed by atoms with Gasteiger partial charge in [-0.1, -0.05) is 6.07 Å². The first kappa shape index (κ1) is 24.2. The van der Waals surface area contributed by atoms with Crippen LogP contribution in [0.4, 0.5) is 24.5 Å². The number of benzene rings is 2. The first-order chi connectivity index (χ1) is 16.1. The van der Waals surface area contributed by atoms with E-state index in [0.29, 0.717) is 17.2 Å². The number of alkyl halides is 3. The molecule has 3 aromatic rings. The van der Waals surface area contributed by atoms with E-state index < -0.39 is 30.0 Å². The van der Waals surface area contributed by atoms with Crippen LogP contribution in [-0.2, 0) is 15.8 Å². The van der Waals surface area contributed by atoms with Crippen molar-refractivity contribution >= 4 is 29.1 Å². The van der Waals surface area contributed by atoms with E-state index in [1.807, 2.05) is 0 Å². The lowest BCUT2D eigenvalue weighted by molar-refractivity contribution is -0.137. The molecule has 0 aliphatic carbocycles. The van der Waals surface area contributed by atoms with Crippen LogP contribution in [0, 0.1) is 0 Å². The van der Waals surface area contributed by atoms with Gasteiger partial charge in [-0.2, -0.15) is 13.2 Å². The van der Waals surface area contributed by atoms with Gasteiger partial charge in [-0.15, -0.1) is 0 Å². The van der Waals surface area contributed by atoms with E-state index in [2.05, 4.69) is 20.9 Å². The summed E-state index contributed by atoms with van der Waals surface area (Å²) in [5.41, 5.74) is -0.189. The third kappa shape index (κ3) is 6.79. The molecule has 3 N–H and O–H groups in total. The van der Waals surface area contributed by atoms with E-state index in [4.69, 9.17) is 4.74 Å². The minimum Gasteiger partial charge on any atom is -0.457 e. The maximum Gasteiger partial charge on any atom is 0.416 e. The van der Waals surface area contributed by atoms with Crippen molar-refractivity contribution in [2.45, 2.75) is 12.6 Å². The summed E-state index contributed by atoms with van der Waals surface area (Å²) < 4.78 is 43.5. The van der Waals surface area contributed by atoms with Crippen LogP contribution in [0.25, 0.3) is 0 Å². The fraction of sp³-hybridized carbons (Fsp3) is 0.130. The highest BCUT2D eigenvalue weighted by Gasteiger charge is 2.30. The first-order valence-corrected chi connectivity index (χ1v) is 9.87. The topological polar surface area (TPSA) is 109 Å². The summed E-state index contributed by atoms with van der Waals surface area (Å²) in [5.74, 6) is -0.981. The first-order valence-electron chi connectivity index (χ1n) is 9.87. The van der Waals surface area contributed by atoms with Gasteiger partial charge < -0.3 is 20.7 Å². The molecule has 0 saturated carbocycles. The molecule has 34 heavy (non-hydrogen) atoms. The number of anilines is 2. The Morgan fingerprint density at radius 1 is 0.882 bits per heavy atom. The molecule has 0 aliphatic heterocycles. The molecule has 0 fully saturated rings. The maximum atomic E-state index is 12.6. The predicted molar refractivity (Wildman–Crippen MR) is 117 cm³/mol. The van der Waals surface area contributed by atoms with Gasteiger partial charge in [0.25, 0.3) is 5.91 Å². The standard InChI is InChI=1S/C23H19F3N4O4/c1-27-22(33)19-12-18(9-10-28-19)34-17-4-2-3-16(11-17)30-21(32)13-20(31)29-15-7-5-14(6-8-15)23(24,25)26/h2-12H,13H2,1H3,(H,27,33)(H,29,31)(H,30,32). The molecular formula is C23H19F3N4O4. The SMILES string of the molecule is CNC(=O)c1cc(Oc2cccc(NC(=O)CC(=O)Nc3ccc(C(F)(F)F)cc3)c2)ccn1. The van der Waals surface area contributed by atoms with Gasteiger partial charge in [0.05, 0.1) is 5.56 Å². The Morgan fingerprint density at radius 2 is 1.53 bits per heavy atom. The molecule has 3 rings (SSSR count). The van der Waals surface area contributed by atoms with Gasteiger partial charge in [0, 0.05) is 36.8 Å². The van der Waals surface area contributed by atoms with Crippen molar-refractivity contribution in [3.05, 3.63) is 78.1 Å². The zero-order valence-corrected chi connectivity index (χ0v) is 17.8. The average Bonchev–Trinajstić information content (AvgIpc) is 2.78. The molecule has 3 amide bonds. The number of hydrogen-bond donors (Lipinski definition) is 3. The quantitative estimate of drug-likeness (QED) is 0.446. The molecule has 176 valence electrons. The second-order valence-electron chi connectivity index (χ2n) is 6.93. The number of carbonyl (C=O) groups is 3. The van der Waals surface area contributed by atoms with Crippen molar-refractivity contribution in [3.63, 3.8) is 0 Å². The molecule has 0 aliphatic rings. The number of ether oxygens (including phenoxy) is 1. The second-order valence-corrected chi connectivity index (χ2v) is 6.93. The van der Waals surface area contributed by atoms with E-state index in [-0.39, 0.29) is 17.3 Å². The number of nitrogens with zero attached hydrogens (tertiary/aromatic N) is 1. The number of rotatable bonds is 7. The Labute approximate surface area is 192 Å². The third-order valence-corrected chi connectivity index (χ3v) is 4.36. The Morgan fingerprint density at radius 3 is 2.18 bits per heavy atom. The van der Waals surface area contributed by atoms with E-state index in [9.17, 15) is 27.6 Å². The van der Waals surface area contributed by atoms with Gasteiger partial charge in [-0.3, -0.25) is 19.4 Å². The highest BCUT2D eigenvalue weighted by Crippen LogP contribution is 2.30. The number of nitrogens with one attached hydrogen (secondary N) is 3. The van der Waals surface area contributed by atoms with E-state index in [1.165, 1.54) is 25.4 Å². The van der Waals surface area contributed by atoms with Gasteiger partial charge >= 0.3 is 6.18 Å². The normalized spacial score (nSPS) is 10.8. The molecule has 1 aromatic heterocycles. The highest BCUT2D eigenvalue weighted by atomic mass is 19.4. The number of carbonyl (C=O) groups excluding carboxylic acids is 3. The van der Waals surface area contributed by atoms with Gasteiger partial charge in [0.15, 0.2) is 0 Å². The Hall–Kier alpha value is -4.41. The van der Waals surface area contributed by atoms with Crippen molar-refractivity contribution in [1.82, 2.24) is 10.3 Å². The lowest BCUT2D eigenvalue weighted by Crippen LogP contribution is -2.21. The van der Waals surface area contributed by atoms with Crippen LogP contribution < -0.4 is 20.7 Å². The zero-order chi connectivity index (χ0) is 24.7. The molecule has 0 unspecified atom stereocenters. The van der Waals surface area contributed by atoms with Crippen molar-refractivity contribution < 1.29 is 32.3 Å². The molecule has 2 aromatic carbocycles. The van der Waals surface area contributed by atoms with E-state index >= 15 is 0 Å². The van der Waals surface area contributed by atoms with Gasteiger partial charge in [0.1, 0.15) is 23.6 Å². The Bertz CT molecular complexity index is 1200. The zero-order valence-electron chi connectivity index (χ0n) is 17.8. The lowest BCUT2D eigenvalue weighted by atomic mass is 10.2. The summed E-state index contributed by atoms with van der Waals surface area (Å²) in [6, 6.07) is 13.2. The molecule has 0 spiro atoms. The molecule has 8 nitrogen and oxygen atoms in total. The minimum absolute atomic E-state index is 0.134. The average molecular weight is 472 g/mol. The summed E-state index contributed by atoms with van der Waals surface area (Å²) in [6.45, 7) is 0. The van der Waals surface area contributed by atoms with Crippen LogP contribution in [0.15, 0.2) is 66.9 Å². The molecule has 0 radical (unpaired) electrons. The van der Waals surface area contributed by atoms with Crippen LogP contribution in [0.1, 0.15) is 22.5 Å². The number of halogens is 3. The summed E-state index contributed by atoms with van der Waals surface area (Å²) in [5, 5.41) is 7.38. The molecule has 0 atom stereocenters. The fourth-order valence-corrected chi connectivity index (χ4v) is 2.80. The fourth-order valence-electron chi connectivity index (χ4n) is 2.80. The minimum atomic E-state index is -4.48. The van der Waals surface area contributed by atoms with Gasteiger partial charge in [-0.25, -0.2) is 0 Å². The summed E-state index contributed by atoms with van der Waals surface area (Å²) in [6.07, 6.45) is -3.61. The van der Waals surface area contributed by atoms with E-state index in [1.54, 1.807) is 24.3 Å². The third-order valence-electron chi connectivity index (χ3n) is 4.36. The van der Waals surface area contributed by atoms with Crippen LogP contribution in [-0.4, -0.2) is 29.8 Å². The Balaban J connectivity index is 1.57. The molecule has 11 heteroatoms. The highest BCUT2D eigenvalue weighted by molar-refractivity contribution is 6.08. The summed E-state index contributed by atoms with van der Waals surface area (Å²) in [4.78, 5) is 39.9. The van der Waals surface area contributed by atoms with Crippen LogP contribution >= 0.6 is 0 Å². The van der Waals surface area contributed by atoms with Gasteiger partial charge in [-0.05, 0) is 42.5 Å². The number of hydrogen-bond acceptors (Lipinski definition) is 5. The number of aromatic nitrogens is 1. The van der Waals surface area contributed by atoms with Crippen molar-refractivity contribution in [3.8, 4) is 11.5 Å². The lowest BCUT2D eigenvalue weighted by Gasteiger charge is -2.10. The molecular weight excluding hydrogens is 453 g/mol. The molecule has 1 heterocycles. The summed E-state index contributed by atoms with van der Waals surface area (Å²) >= 11 is 0. The second kappa shape index (κ2) is 10.5. The molecule has 0 saturated heterocycles. The van der Waals surface area contributed by atoms with Crippen molar-refractivity contribution in [2.75, 3.05) is 17.7 Å². The maximum absolute atomic E-state index is 12.6. The van der Waals surface area contributed by atoms with Gasteiger partial charge in [0.2, 0.25) is 11.8 Å². The number of amides is 3. The monoisotopic (exact) mass is 472 g/mol. The van der Waals surface area contributed by atoms with Crippen LogP contribution in [0.5, 0.6) is 11.5 Å². The van der Waals surface area contributed by atoms with Crippen LogP contribution in [0.2, 0.25) is 0 Å².